The fraction of sp³-hybridized carbons (Fsp3) is 0.150. The lowest BCUT2D eigenvalue weighted by Crippen LogP contribution is -2.20. The van der Waals surface area contributed by atoms with Crippen molar-refractivity contribution in [2.24, 2.45) is 0 Å². The van der Waals surface area contributed by atoms with Crippen LogP contribution in [0.3, 0.4) is 0 Å². The predicted octanol–water partition coefficient (Wildman–Crippen LogP) is 3.48. The van der Waals surface area contributed by atoms with E-state index in [4.69, 9.17) is 9.47 Å². The van der Waals surface area contributed by atoms with E-state index in [2.05, 4.69) is 15.5 Å². The third-order valence-corrected chi connectivity index (χ3v) is 3.77. The number of methoxy groups -OCH3 is 1. The van der Waals surface area contributed by atoms with Gasteiger partial charge in [0.15, 0.2) is 6.61 Å². The molecule has 6 heteroatoms. The number of nitrogens with one attached hydrogen (secondary N) is 1. The number of hydrogen-bond donors (Lipinski definition) is 1. The molecule has 0 bridgehead atoms. The molecule has 0 spiro atoms. The zero-order chi connectivity index (χ0) is 18.4. The molecule has 3 aromatic rings. The van der Waals surface area contributed by atoms with Crippen molar-refractivity contribution in [3.8, 4) is 22.9 Å². The second-order valence-corrected chi connectivity index (χ2v) is 5.64. The van der Waals surface area contributed by atoms with Crippen molar-refractivity contribution in [2.75, 3.05) is 19.0 Å². The van der Waals surface area contributed by atoms with Crippen molar-refractivity contribution in [1.29, 1.82) is 0 Å². The molecule has 1 heterocycles. The lowest BCUT2D eigenvalue weighted by Gasteiger charge is -2.10. The van der Waals surface area contributed by atoms with Crippen LogP contribution in [0.25, 0.3) is 11.3 Å². The van der Waals surface area contributed by atoms with Crippen LogP contribution in [-0.4, -0.2) is 29.8 Å². The van der Waals surface area contributed by atoms with Gasteiger partial charge in [-0.05, 0) is 36.8 Å². The zero-order valence-corrected chi connectivity index (χ0v) is 14.6. The molecule has 0 fully saturated rings. The molecule has 0 atom stereocenters. The molecule has 0 aliphatic heterocycles. The molecule has 1 amide bonds. The molecular weight excluding hydrogens is 330 g/mol. The van der Waals surface area contributed by atoms with E-state index in [1.807, 2.05) is 61.5 Å². The summed E-state index contributed by atoms with van der Waals surface area (Å²) in [5.74, 6) is 0.951. The van der Waals surface area contributed by atoms with Crippen LogP contribution in [0.15, 0.2) is 60.7 Å². The minimum atomic E-state index is -0.217. The molecule has 0 saturated carbocycles. The molecule has 0 unspecified atom stereocenters. The Morgan fingerprint density at radius 2 is 1.77 bits per heavy atom. The second-order valence-electron chi connectivity index (χ2n) is 5.64. The van der Waals surface area contributed by atoms with Gasteiger partial charge in [0.2, 0.25) is 5.88 Å². The largest absolute Gasteiger partial charge is 0.483 e. The maximum atomic E-state index is 12.1. The summed E-state index contributed by atoms with van der Waals surface area (Å²) >= 11 is 0. The number of aryl methyl sites for hydroxylation is 1. The van der Waals surface area contributed by atoms with Crippen LogP contribution in [0, 0.1) is 6.92 Å². The molecule has 1 N–H and O–H groups in total. The minimum Gasteiger partial charge on any atom is -0.483 e. The maximum absolute atomic E-state index is 12.1. The van der Waals surface area contributed by atoms with Crippen LogP contribution < -0.4 is 14.8 Å². The van der Waals surface area contributed by atoms with E-state index in [1.165, 1.54) is 0 Å². The molecule has 3 rings (SSSR count). The summed E-state index contributed by atoms with van der Waals surface area (Å²) < 4.78 is 10.5. The van der Waals surface area contributed by atoms with Crippen molar-refractivity contribution in [3.63, 3.8) is 0 Å². The SMILES string of the molecule is COc1ccc(-c2ccc(NC(=O)COc3ccccc3C)cc2)nn1. The Morgan fingerprint density at radius 1 is 1.00 bits per heavy atom. The highest BCUT2D eigenvalue weighted by atomic mass is 16.5. The molecule has 0 aliphatic rings. The van der Waals surface area contributed by atoms with E-state index in [9.17, 15) is 4.79 Å². The summed E-state index contributed by atoms with van der Waals surface area (Å²) in [6, 6.07) is 18.5. The molecule has 6 nitrogen and oxygen atoms in total. The third-order valence-electron chi connectivity index (χ3n) is 3.77. The topological polar surface area (TPSA) is 73.3 Å². The first kappa shape index (κ1) is 17.4. The van der Waals surface area contributed by atoms with Gasteiger partial charge < -0.3 is 14.8 Å². The van der Waals surface area contributed by atoms with Crippen molar-refractivity contribution in [3.05, 3.63) is 66.2 Å². The summed E-state index contributed by atoms with van der Waals surface area (Å²) in [6.07, 6.45) is 0. The van der Waals surface area contributed by atoms with Crippen molar-refractivity contribution in [1.82, 2.24) is 10.2 Å². The van der Waals surface area contributed by atoms with Crippen molar-refractivity contribution < 1.29 is 14.3 Å². The highest BCUT2D eigenvalue weighted by Gasteiger charge is 2.06. The van der Waals surface area contributed by atoms with Crippen LogP contribution in [-0.2, 0) is 4.79 Å². The number of carbonyl (C=O) groups is 1. The van der Waals surface area contributed by atoms with E-state index >= 15 is 0 Å². The zero-order valence-electron chi connectivity index (χ0n) is 14.6. The number of aromatic nitrogens is 2. The fourth-order valence-corrected chi connectivity index (χ4v) is 2.37. The van der Waals surface area contributed by atoms with E-state index in [1.54, 1.807) is 13.2 Å². The molecule has 2 aromatic carbocycles. The molecule has 0 radical (unpaired) electrons. The number of para-hydroxylation sites is 1. The summed E-state index contributed by atoms with van der Waals surface area (Å²) in [4.78, 5) is 12.1. The van der Waals surface area contributed by atoms with Crippen LogP contribution in [0.1, 0.15) is 5.56 Å². The smallest absolute Gasteiger partial charge is 0.262 e. The van der Waals surface area contributed by atoms with Gasteiger partial charge in [0.05, 0.1) is 12.8 Å². The predicted molar refractivity (Wildman–Crippen MR) is 99.3 cm³/mol. The highest BCUT2D eigenvalue weighted by molar-refractivity contribution is 5.92. The first-order valence-electron chi connectivity index (χ1n) is 8.12. The maximum Gasteiger partial charge on any atom is 0.262 e. The number of benzene rings is 2. The Kier molecular flexibility index (Phi) is 5.43. The van der Waals surface area contributed by atoms with Gasteiger partial charge in [0, 0.05) is 17.3 Å². The van der Waals surface area contributed by atoms with Gasteiger partial charge in [0.1, 0.15) is 5.75 Å². The monoisotopic (exact) mass is 349 g/mol. The molecule has 1 aromatic heterocycles. The number of rotatable bonds is 6. The van der Waals surface area contributed by atoms with Crippen molar-refractivity contribution in [2.45, 2.75) is 6.92 Å². The van der Waals surface area contributed by atoms with E-state index < -0.39 is 0 Å². The molecule has 132 valence electrons. The minimum absolute atomic E-state index is 0.0451. The lowest BCUT2D eigenvalue weighted by atomic mass is 10.1. The van der Waals surface area contributed by atoms with Gasteiger partial charge in [-0.15, -0.1) is 10.2 Å². The Bertz CT molecular complexity index is 878. The number of amides is 1. The summed E-state index contributed by atoms with van der Waals surface area (Å²) in [7, 11) is 1.55. The fourth-order valence-electron chi connectivity index (χ4n) is 2.37. The molecular formula is C20H19N3O3. The van der Waals surface area contributed by atoms with Gasteiger partial charge in [-0.3, -0.25) is 4.79 Å². The van der Waals surface area contributed by atoms with Gasteiger partial charge >= 0.3 is 0 Å². The number of nitrogens with zero attached hydrogens (tertiary/aromatic N) is 2. The van der Waals surface area contributed by atoms with E-state index in [0.29, 0.717) is 17.3 Å². The Labute approximate surface area is 151 Å². The molecule has 0 aliphatic carbocycles. The quantitative estimate of drug-likeness (QED) is 0.737. The van der Waals surface area contributed by atoms with E-state index in [-0.39, 0.29) is 12.5 Å². The van der Waals surface area contributed by atoms with Gasteiger partial charge in [0.25, 0.3) is 5.91 Å². The Morgan fingerprint density at radius 3 is 2.42 bits per heavy atom. The standard InChI is InChI=1S/C20H19N3O3/c1-14-5-3-4-6-18(14)26-13-19(24)21-16-9-7-15(8-10-16)17-11-12-20(25-2)23-22-17/h3-12H,13H2,1-2H3,(H,21,24). The number of ether oxygens (including phenoxy) is 2. The lowest BCUT2D eigenvalue weighted by molar-refractivity contribution is -0.118. The van der Waals surface area contributed by atoms with Crippen molar-refractivity contribution >= 4 is 11.6 Å². The number of carbonyl (C=O) groups excluding carboxylic acids is 1. The Hall–Kier alpha value is -3.41. The number of hydrogen-bond acceptors (Lipinski definition) is 5. The third kappa shape index (κ3) is 4.36. The summed E-state index contributed by atoms with van der Waals surface area (Å²) in [5, 5.41) is 10.9. The van der Waals surface area contributed by atoms with Crippen LogP contribution in [0.2, 0.25) is 0 Å². The van der Waals surface area contributed by atoms with Crippen LogP contribution in [0.4, 0.5) is 5.69 Å². The second kappa shape index (κ2) is 8.11. The summed E-state index contributed by atoms with van der Waals surface area (Å²) in [5.41, 5.74) is 3.31. The molecule has 0 saturated heterocycles. The van der Waals surface area contributed by atoms with Crippen LogP contribution >= 0.6 is 0 Å². The Balaban J connectivity index is 1.58. The highest BCUT2D eigenvalue weighted by Crippen LogP contribution is 2.20. The van der Waals surface area contributed by atoms with Gasteiger partial charge in [-0.2, -0.15) is 0 Å². The van der Waals surface area contributed by atoms with Crippen LogP contribution in [0.5, 0.6) is 11.6 Å². The average Bonchev–Trinajstić information content (AvgIpc) is 2.68. The molecule has 26 heavy (non-hydrogen) atoms. The average molecular weight is 349 g/mol. The van der Waals surface area contributed by atoms with Gasteiger partial charge in [-0.25, -0.2) is 0 Å². The normalized spacial score (nSPS) is 10.2. The first-order valence-corrected chi connectivity index (χ1v) is 8.12. The summed E-state index contributed by atoms with van der Waals surface area (Å²) in [6.45, 7) is 1.89. The first-order chi connectivity index (χ1) is 12.7. The van der Waals surface area contributed by atoms with Gasteiger partial charge in [-0.1, -0.05) is 30.3 Å². The number of anilines is 1. The van der Waals surface area contributed by atoms with E-state index in [0.717, 1.165) is 16.8 Å².